The first kappa shape index (κ1) is 9.32. The van der Waals surface area contributed by atoms with Crippen LogP contribution in [0.15, 0.2) is 30.8 Å². The first-order valence-electron chi connectivity index (χ1n) is 5.24. The van der Waals surface area contributed by atoms with Crippen LogP contribution >= 0.6 is 0 Å². The van der Waals surface area contributed by atoms with Gasteiger partial charge in [0.05, 0.1) is 0 Å². The lowest BCUT2D eigenvalue weighted by Crippen LogP contribution is -2.34. The number of hydrogen-bond donors (Lipinski definition) is 0. The molecule has 1 aliphatic heterocycles. The Morgan fingerprint density at radius 1 is 1.29 bits per heavy atom. The highest BCUT2D eigenvalue weighted by atomic mass is 15.2. The molecule has 0 aromatic heterocycles. The van der Waals surface area contributed by atoms with Gasteiger partial charge in [-0.05, 0) is 25.8 Å². The summed E-state index contributed by atoms with van der Waals surface area (Å²) in [5.41, 5.74) is 3.95. The van der Waals surface area contributed by atoms with E-state index in [2.05, 4.69) is 49.6 Å². The highest BCUT2D eigenvalue weighted by molar-refractivity contribution is 5.66. The van der Waals surface area contributed by atoms with Crippen LogP contribution in [0.5, 0.6) is 0 Å². The number of fused-ring (bicyclic) bond motifs is 1. The first-order valence-corrected chi connectivity index (χ1v) is 5.24. The molecule has 0 bridgehead atoms. The van der Waals surface area contributed by atoms with Gasteiger partial charge in [-0.2, -0.15) is 0 Å². The highest BCUT2D eigenvalue weighted by Crippen LogP contribution is 2.28. The van der Waals surface area contributed by atoms with E-state index in [0.717, 1.165) is 13.0 Å². The van der Waals surface area contributed by atoms with Crippen molar-refractivity contribution in [1.29, 1.82) is 0 Å². The maximum absolute atomic E-state index is 4.18. The lowest BCUT2D eigenvalue weighted by atomic mass is 9.96. The molecule has 0 spiro atoms. The molecule has 0 unspecified atom stereocenters. The zero-order valence-corrected chi connectivity index (χ0v) is 8.96. The first-order chi connectivity index (χ1) is 6.70. The van der Waals surface area contributed by atoms with E-state index in [1.165, 1.54) is 16.8 Å². The molecule has 0 N–H and O–H groups in total. The van der Waals surface area contributed by atoms with Crippen LogP contribution in [0.2, 0.25) is 0 Å². The number of benzene rings is 1. The molecule has 0 saturated heterocycles. The third-order valence-corrected chi connectivity index (χ3v) is 2.92. The Hall–Kier alpha value is -1.24. The minimum atomic E-state index is 0.552. The van der Waals surface area contributed by atoms with Crippen LogP contribution in [-0.2, 0) is 6.42 Å². The van der Waals surface area contributed by atoms with Crippen LogP contribution in [-0.4, -0.2) is 17.5 Å². The van der Waals surface area contributed by atoms with E-state index in [4.69, 9.17) is 0 Å². The quantitative estimate of drug-likeness (QED) is 0.653. The summed E-state index contributed by atoms with van der Waals surface area (Å²) in [6.45, 7) is 9.73. The lowest BCUT2D eigenvalue weighted by Gasteiger charge is -2.35. The predicted molar refractivity (Wildman–Crippen MR) is 61.0 cm³/mol. The molecule has 74 valence electrons. The van der Waals surface area contributed by atoms with Crippen LogP contribution in [0.25, 0.3) is 5.70 Å². The Balaban J connectivity index is 2.37. The van der Waals surface area contributed by atoms with E-state index in [9.17, 15) is 0 Å². The van der Waals surface area contributed by atoms with Crippen molar-refractivity contribution in [3.63, 3.8) is 0 Å². The van der Waals surface area contributed by atoms with E-state index in [0.29, 0.717) is 6.04 Å². The zero-order valence-electron chi connectivity index (χ0n) is 8.96. The van der Waals surface area contributed by atoms with E-state index in [1.54, 1.807) is 0 Å². The maximum atomic E-state index is 4.18. The normalized spacial score (nSPS) is 15.9. The zero-order chi connectivity index (χ0) is 10.1. The van der Waals surface area contributed by atoms with E-state index < -0.39 is 0 Å². The Kier molecular flexibility index (Phi) is 2.32. The molecule has 1 heterocycles. The number of nitrogens with zero attached hydrogens (tertiary/aromatic N) is 1. The predicted octanol–water partition coefficient (Wildman–Crippen LogP) is 2.92. The average molecular weight is 187 g/mol. The summed E-state index contributed by atoms with van der Waals surface area (Å²) in [5.74, 6) is 0. The number of rotatable bonds is 1. The summed E-state index contributed by atoms with van der Waals surface area (Å²) in [7, 11) is 0. The minimum absolute atomic E-state index is 0.552. The molecule has 0 saturated carbocycles. The molecule has 0 amide bonds. The molecule has 0 aliphatic carbocycles. The van der Waals surface area contributed by atoms with Crippen LogP contribution in [0.1, 0.15) is 25.0 Å². The van der Waals surface area contributed by atoms with Crippen molar-refractivity contribution in [2.24, 2.45) is 0 Å². The molecule has 0 radical (unpaired) electrons. The molecule has 0 fully saturated rings. The Labute approximate surface area is 86.1 Å². The second-order valence-corrected chi connectivity index (χ2v) is 4.14. The van der Waals surface area contributed by atoms with Gasteiger partial charge in [-0.15, -0.1) is 0 Å². The summed E-state index contributed by atoms with van der Waals surface area (Å²) in [6.07, 6.45) is 1.15. The van der Waals surface area contributed by atoms with Crippen LogP contribution in [0.3, 0.4) is 0 Å². The van der Waals surface area contributed by atoms with Crippen molar-refractivity contribution in [1.82, 2.24) is 4.90 Å². The minimum Gasteiger partial charge on any atom is -0.369 e. The average Bonchev–Trinajstić information content (AvgIpc) is 2.18. The molecule has 0 atom stereocenters. The summed E-state index contributed by atoms with van der Waals surface area (Å²) in [5, 5.41) is 0. The van der Waals surface area contributed by atoms with Crippen molar-refractivity contribution in [2.45, 2.75) is 26.3 Å². The van der Waals surface area contributed by atoms with Gasteiger partial charge in [0, 0.05) is 23.8 Å². The molecular formula is C13H17N. The van der Waals surface area contributed by atoms with Gasteiger partial charge in [-0.25, -0.2) is 0 Å². The van der Waals surface area contributed by atoms with Crippen molar-refractivity contribution >= 4 is 5.70 Å². The molecule has 1 aromatic rings. The fraction of sp³-hybridized carbons (Fsp3) is 0.385. The van der Waals surface area contributed by atoms with E-state index in [-0.39, 0.29) is 0 Å². The van der Waals surface area contributed by atoms with Crippen molar-refractivity contribution < 1.29 is 0 Å². The van der Waals surface area contributed by atoms with Crippen LogP contribution in [0.4, 0.5) is 0 Å². The maximum Gasteiger partial charge on any atom is 0.0372 e. The fourth-order valence-electron chi connectivity index (χ4n) is 2.12. The smallest absolute Gasteiger partial charge is 0.0372 e. The summed E-state index contributed by atoms with van der Waals surface area (Å²) in [4.78, 5) is 2.38. The summed E-state index contributed by atoms with van der Waals surface area (Å²) < 4.78 is 0. The van der Waals surface area contributed by atoms with Gasteiger partial charge in [0.15, 0.2) is 0 Å². The third-order valence-electron chi connectivity index (χ3n) is 2.92. The molecule has 1 aliphatic rings. The molecule has 2 rings (SSSR count). The van der Waals surface area contributed by atoms with Gasteiger partial charge in [0.25, 0.3) is 0 Å². The number of hydrogen-bond acceptors (Lipinski definition) is 1. The standard InChI is InChI=1S/C13H17N/c1-10(2)14-9-8-12-6-4-5-7-13(12)11(14)3/h4-7,10H,3,8-9H2,1-2H3. The Morgan fingerprint density at radius 2 is 2.00 bits per heavy atom. The molecule has 1 nitrogen and oxygen atoms in total. The second kappa shape index (κ2) is 3.49. The van der Waals surface area contributed by atoms with Crippen molar-refractivity contribution in [3.8, 4) is 0 Å². The van der Waals surface area contributed by atoms with Crippen LogP contribution < -0.4 is 0 Å². The highest BCUT2D eigenvalue weighted by Gasteiger charge is 2.20. The largest absolute Gasteiger partial charge is 0.369 e. The third kappa shape index (κ3) is 1.43. The SMILES string of the molecule is C=C1c2ccccc2CCN1C(C)C. The van der Waals surface area contributed by atoms with Gasteiger partial charge in [0.2, 0.25) is 0 Å². The molecule has 1 aromatic carbocycles. The molecular weight excluding hydrogens is 170 g/mol. The van der Waals surface area contributed by atoms with E-state index >= 15 is 0 Å². The van der Waals surface area contributed by atoms with Crippen LogP contribution in [0, 0.1) is 0 Å². The van der Waals surface area contributed by atoms with Gasteiger partial charge < -0.3 is 4.90 Å². The van der Waals surface area contributed by atoms with Crippen molar-refractivity contribution in [2.75, 3.05) is 6.54 Å². The van der Waals surface area contributed by atoms with Crippen molar-refractivity contribution in [3.05, 3.63) is 42.0 Å². The Morgan fingerprint density at radius 3 is 2.71 bits per heavy atom. The second-order valence-electron chi connectivity index (χ2n) is 4.14. The van der Waals surface area contributed by atoms with E-state index in [1.807, 2.05) is 0 Å². The summed E-state index contributed by atoms with van der Waals surface area (Å²) >= 11 is 0. The summed E-state index contributed by atoms with van der Waals surface area (Å²) in [6, 6.07) is 9.13. The molecule has 1 heteroatoms. The monoisotopic (exact) mass is 187 g/mol. The molecule has 14 heavy (non-hydrogen) atoms. The van der Waals surface area contributed by atoms with Gasteiger partial charge in [0.1, 0.15) is 0 Å². The topological polar surface area (TPSA) is 3.24 Å². The van der Waals surface area contributed by atoms with Gasteiger partial charge in [-0.1, -0.05) is 30.8 Å². The van der Waals surface area contributed by atoms with Gasteiger partial charge in [-0.3, -0.25) is 0 Å². The fourth-order valence-corrected chi connectivity index (χ4v) is 2.12. The Bertz CT molecular complexity index is 352. The lowest BCUT2D eigenvalue weighted by molar-refractivity contribution is 0.326. The van der Waals surface area contributed by atoms with Gasteiger partial charge >= 0.3 is 0 Å².